The number of halogens is 1. The first-order valence-corrected chi connectivity index (χ1v) is 7.28. The van der Waals surface area contributed by atoms with Crippen molar-refractivity contribution in [1.82, 2.24) is 0 Å². The maximum atomic E-state index is 12.8. The minimum atomic E-state index is -0.345. The number of nitrogens with one attached hydrogen (secondary N) is 1. The highest BCUT2D eigenvalue weighted by atomic mass is 19.1. The van der Waals surface area contributed by atoms with Crippen LogP contribution >= 0.6 is 0 Å². The van der Waals surface area contributed by atoms with Gasteiger partial charge in [0.1, 0.15) is 23.9 Å². The van der Waals surface area contributed by atoms with Gasteiger partial charge in [-0.1, -0.05) is 0 Å². The summed E-state index contributed by atoms with van der Waals surface area (Å²) in [6, 6.07) is 11.0. The fraction of sp³-hybridized carbons (Fsp3) is 0.235. The molecular weight excluding hydrogens is 299 g/mol. The number of anilines is 2. The lowest BCUT2D eigenvalue weighted by molar-refractivity contribution is -0.118. The van der Waals surface area contributed by atoms with Crippen LogP contribution in [-0.2, 0) is 4.79 Å². The molecule has 0 bridgehead atoms. The molecule has 0 saturated carbocycles. The van der Waals surface area contributed by atoms with Gasteiger partial charge in [0.2, 0.25) is 0 Å². The Morgan fingerprint density at radius 1 is 1.30 bits per heavy atom. The largest absolute Gasteiger partial charge is 0.490 e. The highest BCUT2D eigenvalue weighted by molar-refractivity contribution is 5.92. The summed E-state index contributed by atoms with van der Waals surface area (Å²) >= 11 is 0. The van der Waals surface area contributed by atoms with E-state index in [1.165, 1.54) is 24.3 Å². The van der Waals surface area contributed by atoms with Crippen LogP contribution in [0.2, 0.25) is 0 Å². The molecule has 23 heavy (non-hydrogen) atoms. The lowest BCUT2D eigenvalue weighted by atomic mass is 10.2. The molecule has 2 aromatic rings. The molecule has 0 spiro atoms. The molecule has 1 N–H and O–H groups in total. The number of likely N-dealkylation sites (N-methyl/N-ethyl adjacent to an activating group) is 1. The number of amides is 1. The predicted molar refractivity (Wildman–Crippen MR) is 85.7 cm³/mol. The predicted octanol–water partition coefficient (Wildman–Crippen LogP) is 2.67. The maximum absolute atomic E-state index is 12.8. The van der Waals surface area contributed by atoms with Crippen LogP contribution < -0.4 is 19.7 Å². The fourth-order valence-corrected chi connectivity index (χ4v) is 2.31. The van der Waals surface area contributed by atoms with Gasteiger partial charge in [-0.3, -0.25) is 4.79 Å². The maximum Gasteiger partial charge on any atom is 0.262 e. The van der Waals surface area contributed by atoms with Gasteiger partial charge in [0.05, 0.1) is 12.2 Å². The molecule has 5 nitrogen and oxygen atoms in total. The van der Waals surface area contributed by atoms with E-state index in [-0.39, 0.29) is 18.3 Å². The third kappa shape index (κ3) is 3.71. The number of benzene rings is 2. The highest BCUT2D eigenvalue weighted by Gasteiger charge is 2.15. The van der Waals surface area contributed by atoms with Gasteiger partial charge < -0.3 is 19.7 Å². The van der Waals surface area contributed by atoms with E-state index in [4.69, 9.17) is 9.47 Å². The second-order valence-corrected chi connectivity index (χ2v) is 5.24. The van der Waals surface area contributed by atoms with Crippen LogP contribution in [0.25, 0.3) is 0 Å². The molecule has 0 radical (unpaired) electrons. The molecule has 0 atom stereocenters. The monoisotopic (exact) mass is 316 g/mol. The third-order valence-electron chi connectivity index (χ3n) is 3.52. The smallest absolute Gasteiger partial charge is 0.262 e. The molecule has 1 aliphatic rings. The molecule has 0 saturated heterocycles. The fourth-order valence-electron chi connectivity index (χ4n) is 2.31. The first-order chi connectivity index (χ1) is 11.1. The van der Waals surface area contributed by atoms with Crippen LogP contribution in [-0.4, -0.2) is 32.7 Å². The van der Waals surface area contributed by atoms with Crippen LogP contribution in [0.3, 0.4) is 0 Å². The topological polar surface area (TPSA) is 50.8 Å². The summed E-state index contributed by atoms with van der Waals surface area (Å²) in [5, 5.41) is 2.77. The lowest BCUT2D eigenvalue weighted by Crippen LogP contribution is -2.29. The molecule has 2 aromatic carbocycles. The molecule has 0 aliphatic carbocycles. The molecule has 1 amide bonds. The van der Waals surface area contributed by atoms with Gasteiger partial charge in [0, 0.05) is 12.7 Å². The summed E-state index contributed by atoms with van der Waals surface area (Å²) < 4.78 is 23.7. The summed E-state index contributed by atoms with van der Waals surface area (Å²) in [6.07, 6.45) is 0. The number of nitrogens with zero attached hydrogens (tertiary/aromatic N) is 1. The Balaban J connectivity index is 1.59. The summed E-state index contributed by atoms with van der Waals surface area (Å²) in [5.74, 6) is 0.621. The van der Waals surface area contributed by atoms with Crippen molar-refractivity contribution < 1.29 is 18.7 Å². The zero-order valence-electron chi connectivity index (χ0n) is 12.7. The molecule has 120 valence electrons. The molecule has 0 fully saturated rings. The summed E-state index contributed by atoms with van der Waals surface area (Å²) in [4.78, 5) is 14.0. The second-order valence-electron chi connectivity index (χ2n) is 5.24. The van der Waals surface area contributed by atoms with Crippen molar-refractivity contribution in [3.8, 4) is 11.5 Å². The second kappa shape index (κ2) is 6.56. The zero-order chi connectivity index (χ0) is 16.2. The Labute approximate surface area is 133 Å². The van der Waals surface area contributed by atoms with Crippen LogP contribution in [0.4, 0.5) is 15.8 Å². The van der Waals surface area contributed by atoms with Crippen molar-refractivity contribution in [3.05, 3.63) is 48.3 Å². The van der Waals surface area contributed by atoms with Crippen molar-refractivity contribution >= 4 is 17.3 Å². The molecule has 6 heteroatoms. The molecule has 0 aromatic heterocycles. The van der Waals surface area contributed by atoms with Crippen molar-refractivity contribution in [2.75, 3.05) is 37.0 Å². The molecule has 0 unspecified atom stereocenters. The van der Waals surface area contributed by atoms with Crippen LogP contribution in [0.15, 0.2) is 42.5 Å². The Morgan fingerprint density at radius 3 is 2.87 bits per heavy atom. The number of carbonyl (C=O) groups excluding carboxylic acids is 1. The normalized spacial score (nSPS) is 13.0. The number of carbonyl (C=O) groups is 1. The summed E-state index contributed by atoms with van der Waals surface area (Å²) in [7, 11) is 1.98. The number of hydrogen-bond acceptors (Lipinski definition) is 4. The molecular formula is C17H17FN2O3. The van der Waals surface area contributed by atoms with Gasteiger partial charge in [0.15, 0.2) is 6.61 Å². The van der Waals surface area contributed by atoms with Crippen LogP contribution in [0.5, 0.6) is 11.5 Å². The van der Waals surface area contributed by atoms with E-state index in [2.05, 4.69) is 10.2 Å². The number of ether oxygens (including phenoxy) is 2. The van der Waals surface area contributed by atoms with Gasteiger partial charge >= 0.3 is 0 Å². The minimum absolute atomic E-state index is 0.144. The standard InChI is InChI=1S/C17H17FN2O3/c1-20-8-9-22-16-7-4-13(10-15(16)20)19-17(21)11-23-14-5-2-12(18)3-6-14/h2-7,10H,8-9,11H2,1H3,(H,19,21). The van der Waals surface area contributed by atoms with Crippen LogP contribution in [0.1, 0.15) is 0 Å². The van der Waals surface area contributed by atoms with E-state index in [0.29, 0.717) is 18.0 Å². The molecule has 1 aliphatic heterocycles. The third-order valence-corrected chi connectivity index (χ3v) is 3.52. The van der Waals surface area contributed by atoms with Gasteiger partial charge in [-0.2, -0.15) is 0 Å². The van der Waals surface area contributed by atoms with E-state index in [0.717, 1.165) is 18.0 Å². The van der Waals surface area contributed by atoms with E-state index in [1.807, 2.05) is 19.2 Å². The summed E-state index contributed by atoms with van der Waals surface area (Å²) in [6.45, 7) is 1.31. The minimum Gasteiger partial charge on any atom is -0.490 e. The molecule has 3 rings (SSSR count). The SMILES string of the molecule is CN1CCOc2ccc(NC(=O)COc3ccc(F)cc3)cc21. The van der Waals surface area contributed by atoms with Crippen LogP contribution in [0, 0.1) is 5.82 Å². The van der Waals surface area contributed by atoms with Gasteiger partial charge in [-0.15, -0.1) is 0 Å². The lowest BCUT2D eigenvalue weighted by Gasteiger charge is -2.28. The Bertz CT molecular complexity index is 703. The van der Waals surface area contributed by atoms with Gasteiger partial charge in [-0.05, 0) is 42.5 Å². The van der Waals surface area contributed by atoms with Crippen molar-refractivity contribution in [2.24, 2.45) is 0 Å². The van der Waals surface area contributed by atoms with Crippen molar-refractivity contribution in [3.63, 3.8) is 0 Å². The zero-order valence-corrected chi connectivity index (χ0v) is 12.7. The highest BCUT2D eigenvalue weighted by Crippen LogP contribution is 2.33. The Hall–Kier alpha value is -2.76. The van der Waals surface area contributed by atoms with Gasteiger partial charge in [0.25, 0.3) is 5.91 Å². The number of rotatable bonds is 4. The average Bonchev–Trinajstić information content (AvgIpc) is 2.55. The Morgan fingerprint density at radius 2 is 2.09 bits per heavy atom. The first-order valence-electron chi connectivity index (χ1n) is 7.28. The van der Waals surface area contributed by atoms with Crippen molar-refractivity contribution in [1.29, 1.82) is 0 Å². The van der Waals surface area contributed by atoms with E-state index in [1.54, 1.807) is 6.07 Å². The number of fused-ring (bicyclic) bond motifs is 1. The van der Waals surface area contributed by atoms with Gasteiger partial charge in [-0.25, -0.2) is 4.39 Å². The quantitative estimate of drug-likeness (QED) is 0.942. The number of hydrogen-bond donors (Lipinski definition) is 1. The first kappa shape index (κ1) is 15.1. The Kier molecular flexibility index (Phi) is 4.32. The van der Waals surface area contributed by atoms with Crippen molar-refractivity contribution in [2.45, 2.75) is 0 Å². The van der Waals surface area contributed by atoms with E-state index >= 15 is 0 Å². The molecule has 1 heterocycles. The summed E-state index contributed by atoms with van der Waals surface area (Å²) in [5.41, 5.74) is 1.61. The van der Waals surface area contributed by atoms with E-state index in [9.17, 15) is 9.18 Å². The van der Waals surface area contributed by atoms with E-state index < -0.39 is 0 Å². The average molecular weight is 316 g/mol.